The minimum atomic E-state index is -0.298. The van der Waals surface area contributed by atoms with Gasteiger partial charge >= 0.3 is 0 Å². The molecule has 1 N–H and O–H groups in total. The van der Waals surface area contributed by atoms with E-state index in [4.69, 9.17) is 9.47 Å². The minimum absolute atomic E-state index is 0.127. The number of rotatable bonds is 3. The van der Waals surface area contributed by atoms with Crippen LogP contribution in [-0.2, 0) is 4.74 Å². The predicted octanol–water partition coefficient (Wildman–Crippen LogP) is 2.76. The third-order valence-corrected chi connectivity index (χ3v) is 3.75. The van der Waals surface area contributed by atoms with Crippen molar-refractivity contribution in [3.8, 4) is 5.75 Å². The standard InChI is InChI=1S/C14H18BrNO3/c1-14(6-3-7-19-9-14)16-13(17)11-5-4-10(15)8-12(11)18-2/h4-5,8H,3,6-7,9H2,1-2H3,(H,16,17). The summed E-state index contributed by atoms with van der Waals surface area (Å²) in [5.41, 5.74) is 0.241. The van der Waals surface area contributed by atoms with Crippen molar-refractivity contribution in [2.24, 2.45) is 0 Å². The zero-order valence-corrected chi connectivity index (χ0v) is 12.7. The molecule has 1 aromatic carbocycles. The maximum atomic E-state index is 12.3. The highest BCUT2D eigenvalue weighted by molar-refractivity contribution is 9.10. The molecule has 0 spiro atoms. The molecule has 1 saturated heterocycles. The van der Waals surface area contributed by atoms with Gasteiger partial charge in [0.15, 0.2) is 0 Å². The van der Waals surface area contributed by atoms with E-state index in [0.29, 0.717) is 17.9 Å². The highest BCUT2D eigenvalue weighted by atomic mass is 79.9. The van der Waals surface area contributed by atoms with Crippen LogP contribution >= 0.6 is 15.9 Å². The summed E-state index contributed by atoms with van der Waals surface area (Å²) < 4.78 is 11.6. The number of hydrogen-bond acceptors (Lipinski definition) is 3. The Morgan fingerprint density at radius 1 is 1.53 bits per heavy atom. The Balaban J connectivity index is 2.15. The second kappa shape index (κ2) is 5.92. The van der Waals surface area contributed by atoms with Crippen LogP contribution in [0.2, 0.25) is 0 Å². The van der Waals surface area contributed by atoms with Gasteiger partial charge < -0.3 is 14.8 Å². The van der Waals surface area contributed by atoms with Crippen LogP contribution in [0.5, 0.6) is 5.75 Å². The number of nitrogens with one attached hydrogen (secondary N) is 1. The van der Waals surface area contributed by atoms with E-state index >= 15 is 0 Å². The number of methoxy groups -OCH3 is 1. The van der Waals surface area contributed by atoms with Gasteiger partial charge in [0.25, 0.3) is 5.91 Å². The van der Waals surface area contributed by atoms with Gasteiger partial charge in [0, 0.05) is 11.1 Å². The molecule has 5 heteroatoms. The number of amides is 1. The maximum absolute atomic E-state index is 12.3. The first-order chi connectivity index (χ1) is 9.04. The van der Waals surface area contributed by atoms with E-state index in [1.807, 2.05) is 13.0 Å². The molecule has 0 bridgehead atoms. The summed E-state index contributed by atoms with van der Waals surface area (Å²) in [6, 6.07) is 5.37. The van der Waals surface area contributed by atoms with Gasteiger partial charge in [-0.3, -0.25) is 4.79 Å². The normalized spacial score (nSPS) is 22.9. The lowest BCUT2D eigenvalue weighted by molar-refractivity contribution is 0.0272. The van der Waals surface area contributed by atoms with Gasteiger partial charge in [-0.05, 0) is 38.0 Å². The fourth-order valence-electron chi connectivity index (χ4n) is 2.23. The summed E-state index contributed by atoms with van der Waals surface area (Å²) in [7, 11) is 1.56. The van der Waals surface area contributed by atoms with Crippen LogP contribution in [0.15, 0.2) is 22.7 Å². The summed E-state index contributed by atoms with van der Waals surface area (Å²) in [5, 5.41) is 3.05. The lowest BCUT2D eigenvalue weighted by Gasteiger charge is -2.34. The molecule has 0 aliphatic carbocycles. The average Bonchev–Trinajstić information content (AvgIpc) is 2.38. The number of hydrogen-bond donors (Lipinski definition) is 1. The largest absolute Gasteiger partial charge is 0.496 e. The Morgan fingerprint density at radius 3 is 2.95 bits per heavy atom. The Kier molecular flexibility index (Phi) is 4.47. The zero-order valence-electron chi connectivity index (χ0n) is 11.2. The molecule has 0 radical (unpaired) electrons. The zero-order chi connectivity index (χ0) is 13.9. The molecule has 1 aliphatic rings. The minimum Gasteiger partial charge on any atom is -0.496 e. The molecular formula is C14H18BrNO3. The fraction of sp³-hybridized carbons (Fsp3) is 0.500. The quantitative estimate of drug-likeness (QED) is 0.928. The summed E-state index contributed by atoms with van der Waals surface area (Å²) in [6.45, 7) is 3.33. The van der Waals surface area contributed by atoms with E-state index in [2.05, 4.69) is 21.2 Å². The molecule has 2 rings (SSSR count). The molecule has 19 heavy (non-hydrogen) atoms. The van der Waals surface area contributed by atoms with E-state index in [-0.39, 0.29) is 11.4 Å². The van der Waals surface area contributed by atoms with Crippen LogP contribution in [0.1, 0.15) is 30.1 Å². The molecule has 1 aromatic rings. The lowest BCUT2D eigenvalue weighted by Crippen LogP contribution is -2.51. The Labute approximate surface area is 121 Å². The summed E-state index contributed by atoms with van der Waals surface area (Å²) in [5.74, 6) is 0.435. The Hall–Kier alpha value is -1.07. The monoisotopic (exact) mass is 327 g/mol. The number of halogens is 1. The molecule has 1 amide bonds. The molecule has 1 aliphatic heterocycles. The van der Waals surface area contributed by atoms with Crippen molar-refractivity contribution in [3.05, 3.63) is 28.2 Å². The molecule has 1 unspecified atom stereocenters. The van der Waals surface area contributed by atoms with Crippen LogP contribution in [0, 0.1) is 0 Å². The summed E-state index contributed by atoms with van der Waals surface area (Å²) >= 11 is 3.36. The van der Waals surface area contributed by atoms with Gasteiger partial charge in [0.2, 0.25) is 0 Å². The lowest BCUT2D eigenvalue weighted by atomic mass is 9.94. The van der Waals surface area contributed by atoms with Crippen LogP contribution in [0.4, 0.5) is 0 Å². The number of benzene rings is 1. The topological polar surface area (TPSA) is 47.6 Å². The molecular weight excluding hydrogens is 310 g/mol. The van der Waals surface area contributed by atoms with Crippen molar-refractivity contribution in [1.29, 1.82) is 0 Å². The average molecular weight is 328 g/mol. The third-order valence-electron chi connectivity index (χ3n) is 3.26. The predicted molar refractivity (Wildman–Crippen MR) is 76.6 cm³/mol. The number of ether oxygens (including phenoxy) is 2. The maximum Gasteiger partial charge on any atom is 0.255 e. The van der Waals surface area contributed by atoms with Gasteiger partial charge in [-0.2, -0.15) is 0 Å². The molecule has 0 aromatic heterocycles. The van der Waals surface area contributed by atoms with E-state index in [1.165, 1.54) is 0 Å². The van der Waals surface area contributed by atoms with Gasteiger partial charge in [-0.15, -0.1) is 0 Å². The fourth-order valence-corrected chi connectivity index (χ4v) is 2.57. The smallest absolute Gasteiger partial charge is 0.255 e. The number of carbonyl (C=O) groups is 1. The van der Waals surface area contributed by atoms with Crippen molar-refractivity contribution in [1.82, 2.24) is 5.32 Å². The SMILES string of the molecule is COc1cc(Br)ccc1C(=O)NC1(C)CCCOC1. The molecule has 104 valence electrons. The van der Waals surface area contributed by atoms with E-state index < -0.39 is 0 Å². The van der Waals surface area contributed by atoms with Crippen molar-refractivity contribution in [3.63, 3.8) is 0 Å². The van der Waals surface area contributed by atoms with Gasteiger partial charge in [-0.25, -0.2) is 0 Å². The van der Waals surface area contributed by atoms with Crippen LogP contribution < -0.4 is 10.1 Å². The Morgan fingerprint density at radius 2 is 2.32 bits per heavy atom. The van der Waals surface area contributed by atoms with Gasteiger partial charge in [0.1, 0.15) is 5.75 Å². The molecule has 1 atom stereocenters. The Bertz CT molecular complexity index is 470. The van der Waals surface area contributed by atoms with E-state index in [1.54, 1.807) is 19.2 Å². The second-order valence-corrected chi connectivity index (χ2v) is 5.93. The van der Waals surface area contributed by atoms with E-state index in [9.17, 15) is 4.79 Å². The summed E-state index contributed by atoms with van der Waals surface area (Å²) in [4.78, 5) is 12.3. The van der Waals surface area contributed by atoms with E-state index in [0.717, 1.165) is 23.9 Å². The van der Waals surface area contributed by atoms with Crippen LogP contribution in [0.3, 0.4) is 0 Å². The number of carbonyl (C=O) groups excluding carboxylic acids is 1. The molecule has 1 heterocycles. The highest BCUT2D eigenvalue weighted by Gasteiger charge is 2.30. The first-order valence-corrected chi connectivity index (χ1v) is 7.07. The van der Waals surface area contributed by atoms with Crippen molar-refractivity contribution in [2.45, 2.75) is 25.3 Å². The van der Waals surface area contributed by atoms with Crippen LogP contribution in [-0.4, -0.2) is 31.8 Å². The second-order valence-electron chi connectivity index (χ2n) is 5.02. The highest BCUT2D eigenvalue weighted by Crippen LogP contribution is 2.25. The molecule has 1 fully saturated rings. The third kappa shape index (κ3) is 3.48. The first kappa shape index (κ1) is 14.3. The summed E-state index contributed by atoms with van der Waals surface area (Å²) in [6.07, 6.45) is 1.89. The van der Waals surface area contributed by atoms with Gasteiger partial charge in [0.05, 0.1) is 24.8 Å². The van der Waals surface area contributed by atoms with Crippen molar-refractivity contribution in [2.75, 3.05) is 20.3 Å². The molecule has 4 nitrogen and oxygen atoms in total. The first-order valence-electron chi connectivity index (χ1n) is 6.28. The van der Waals surface area contributed by atoms with Crippen LogP contribution in [0.25, 0.3) is 0 Å². The van der Waals surface area contributed by atoms with Gasteiger partial charge in [-0.1, -0.05) is 15.9 Å². The van der Waals surface area contributed by atoms with Crippen molar-refractivity contribution < 1.29 is 14.3 Å². The van der Waals surface area contributed by atoms with Crippen molar-refractivity contribution >= 4 is 21.8 Å². The molecule has 0 saturated carbocycles.